The van der Waals surface area contributed by atoms with Crippen LogP contribution < -0.4 is 10.6 Å². The summed E-state index contributed by atoms with van der Waals surface area (Å²) in [4.78, 5) is 25.3. The number of thiazole rings is 1. The summed E-state index contributed by atoms with van der Waals surface area (Å²) in [7, 11) is 0. The molecule has 0 aliphatic heterocycles. The Labute approximate surface area is 181 Å². The molecule has 30 heavy (non-hydrogen) atoms. The standard InChI is InChI=1S/C22H29N5O2S/c1-5-23-22(24-12-11-17-13-16-9-7-8-10-18(16)27-17)26-15(4)20-25-14(3)19(30-20)21(28)29-6-2/h7-10,13,15,27H,5-6,11-12H2,1-4H3,(H2,23,24,26). The van der Waals surface area contributed by atoms with E-state index < -0.39 is 0 Å². The second kappa shape index (κ2) is 10.2. The Morgan fingerprint density at radius 3 is 2.87 bits per heavy atom. The maximum Gasteiger partial charge on any atom is 0.350 e. The van der Waals surface area contributed by atoms with Gasteiger partial charge in [0.05, 0.1) is 18.3 Å². The van der Waals surface area contributed by atoms with Crippen molar-refractivity contribution >= 4 is 34.2 Å². The molecule has 0 amide bonds. The summed E-state index contributed by atoms with van der Waals surface area (Å²) in [5.74, 6) is 0.413. The van der Waals surface area contributed by atoms with Crippen molar-refractivity contribution in [1.29, 1.82) is 0 Å². The van der Waals surface area contributed by atoms with Gasteiger partial charge in [-0.1, -0.05) is 18.2 Å². The van der Waals surface area contributed by atoms with Crippen molar-refractivity contribution in [3.8, 4) is 0 Å². The molecule has 1 aromatic carbocycles. The zero-order valence-corrected chi connectivity index (χ0v) is 18.7. The lowest BCUT2D eigenvalue weighted by molar-refractivity contribution is 0.0531. The summed E-state index contributed by atoms with van der Waals surface area (Å²) in [6.45, 7) is 9.44. The van der Waals surface area contributed by atoms with Gasteiger partial charge in [0, 0.05) is 30.7 Å². The third-order valence-electron chi connectivity index (χ3n) is 4.58. The zero-order chi connectivity index (χ0) is 21.5. The van der Waals surface area contributed by atoms with Crippen LogP contribution in [0.25, 0.3) is 10.9 Å². The molecule has 3 rings (SSSR count). The minimum atomic E-state index is -0.315. The summed E-state index contributed by atoms with van der Waals surface area (Å²) in [5.41, 5.74) is 3.01. The number of ether oxygens (including phenoxy) is 1. The molecule has 0 aliphatic carbocycles. The Bertz CT molecular complexity index is 991. The van der Waals surface area contributed by atoms with Crippen molar-refractivity contribution in [2.24, 2.45) is 4.99 Å². The molecule has 3 aromatic rings. The number of aliphatic imine (C=N–C) groups is 1. The van der Waals surface area contributed by atoms with E-state index in [1.54, 1.807) is 6.92 Å². The summed E-state index contributed by atoms with van der Waals surface area (Å²) in [5, 5.41) is 8.70. The molecular weight excluding hydrogens is 398 g/mol. The van der Waals surface area contributed by atoms with Crippen LogP contribution >= 0.6 is 11.3 Å². The highest BCUT2D eigenvalue weighted by molar-refractivity contribution is 7.13. The number of esters is 1. The van der Waals surface area contributed by atoms with Crippen molar-refractivity contribution < 1.29 is 9.53 Å². The molecule has 1 atom stereocenters. The molecule has 0 spiro atoms. The lowest BCUT2D eigenvalue weighted by Crippen LogP contribution is -2.38. The molecule has 0 aliphatic rings. The molecule has 1 unspecified atom stereocenters. The number of hydrogen-bond donors (Lipinski definition) is 3. The summed E-state index contributed by atoms with van der Waals surface area (Å²) >= 11 is 1.36. The summed E-state index contributed by atoms with van der Waals surface area (Å²) in [6, 6.07) is 10.3. The van der Waals surface area contributed by atoms with Crippen LogP contribution in [-0.2, 0) is 11.2 Å². The third kappa shape index (κ3) is 5.38. The topological polar surface area (TPSA) is 91.4 Å². The molecule has 2 aromatic heterocycles. The van der Waals surface area contributed by atoms with Crippen LogP contribution in [0.3, 0.4) is 0 Å². The molecular formula is C22H29N5O2S. The molecule has 2 heterocycles. The maximum absolute atomic E-state index is 12.1. The van der Waals surface area contributed by atoms with Crippen LogP contribution in [0.15, 0.2) is 35.3 Å². The van der Waals surface area contributed by atoms with Crippen LogP contribution in [0, 0.1) is 6.92 Å². The van der Waals surface area contributed by atoms with Crippen LogP contribution in [-0.4, -0.2) is 41.6 Å². The fourth-order valence-electron chi connectivity index (χ4n) is 3.13. The van der Waals surface area contributed by atoms with Gasteiger partial charge in [0.1, 0.15) is 9.88 Å². The van der Waals surface area contributed by atoms with Crippen molar-refractivity contribution in [3.63, 3.8) is 0 Å². The first-order chi connectivity index (χ1) is 14.5. The second-order valence-corrected chi connectivity index (χ2v) is 7.98. The number of nitrogens with zero attached hydrogens (tertiary/aromatic N) is 2. The Morgan fingerprint density at radius 2 is 2.13 bits per heavy atom. The van der Waals surface area contributed by atoms with Gasteiger partial charge < -0.3 is 20.4 Å². The van der Waals surface area contributed by atoms with E-state index >= 15 is 0 Å². The quantitative estimate of drug-likeness (QED) is 0.287. The predicted octanol–water partition coefficient (Wildman–Crippen LogP) is 3.97. The van der Waals surface area contributed by atoms with Crippen LogP contribution in [0.4, 0.5) is 0 Å². The first-order valence-electron chi connectivity index (χ1n) is 10.3. The number of rotatable bonds is 8. The molecule has 0 fully saturated rings. The first-order valence-corrected chi connectivity index (χ1v) is 11.1. The number of H-pyrrole nitrogens is 1. The zero-order valence-electron chi connectivity index (χ0n) is 17.9. The fourth-order valence-corrected chi connectivity index (χ4v) is 4.09. The smallest absolute Gasteiger partial charge is 0.350 e. The van der Waals surface area contributed by atoms with Gasteiger partial charge in [0.25, 0.3) is 0 Å². The second-order valence-electron chi connectivity index (χ2n) is 6.95. The largest absolute Gasteiger partial charge is 0.462 e. The van der Waals surface area contributed by atoms with Crippen molar-refractivity contribution in [2.75, 3.05) is 19.7 Å². The van der Waals surface area contributed by atoms with Crippen LogP contribution in [0.5, 0.6) is 0 Å². The number of carbonyl (C=O) groups excluding carboxylic acids is 1. The van der Waals surface area contributed by atoms with Gasteiger partial charge in [0.15, 0.2) is 5.96 Å². The number of fused-ring (bicyclic) bond motifs is 1. The lowest BCUT2D eigenvalue weighted by Gasteiger charge is -2.16. The number of aromatic amines is 1. The van der Waals surface area contributed by atoms with E-state index in [1.807, 2.05) is 32.9 Å². The normalized spacial score (nSPS) is 12.7. The lowest BCUT2D eigenvalue weighted by atomic mass is 10.2. The monoisotopic (exact) mass is 427 g/mol. The average Bonchev–Trinajstić information content (AvgIpc) is 3.31. The number of aryl methyl sites for hydroxylation is 1. The Balaban J connectivity index is 1.64. The molecule has 160 valence electrons. The highest BCUT2D eigenvalue weighted by atomic mass is 32.1. The number of aromatic nitrogens is 2. The highest BCUT2D eigenvalue weighted by Gasteiger charge is 2.20. The summed E-state index contributed by atoms with van der Waals surface area (Å²) < 4.78 is 5.11. The fraction of sp³-hybridized carbons (Fsp3) is 0.409. The number of para-hydroxylation sites is 1. The van der Waals surface area contributed by atoms with E-state index in [-0.39, 0.29) is 12.0 Å². The average molecular weight is 428 g/mol. The maximum atomic E-state index is 12.1. The van der Waals surface area contributed by atoms with Gasteiger partial charge in [-0.2, -0.15) is 0 Å². The minimum absolute atomic E-state index is 0.0808. The molecule has 3 N–H and O–H groups in total. The SMILES string of the molecule is CCNC(=NCCc1cc2ccccc2[nH]1)NC(C)c1nc(C)c(C(=O)OCC)s1. The Kier molecular flexibility index (Phi) is 7.46. The number of benzene rings is 1. The summed E-state index contributed by atoms with van der Waals surface area (Å²) in [6.07, 6.45) is 0.822. The van der Waals surface area contributed by atoms with Crippen molar-refractivity contribution in [3.05, 3.63) is 51.6 Å². The molecule has 0 radical (unpaired) electrons. The van der Waals surface area contributed by atoms with Gasteiger partial charge in [-0.25, -0.2) is 9.78 Å². The number of hydrogen-bond acceptors (Lipinski definition) is 5. The van der Waals surface area contributed by atoms with E-state index in [0.29, 0.717) is 23.7 Å². The molecule has 0 saturated heterocycles. The van der Waals surface area contributed by atoms with Crippen molar-refractivity contribution in [1.82, 2.24) is 20.6 Å². The van der Waals surface area contributed by atoms with E-state index in [1.165, 1.54) is 22.4 Å². The van der Waals surface area contributed by atoms with E-state index in [9.17, 15) is 4.79 Å². The van der Waals surface area contributed by atoms with E-state index in [4.69, 9.17) is 9.73 Å². The number of carbonyl (C=O) groups is 1. The number of nitrogens with one attached hydrogen (secondary N) is 3. The predicted molar refractivity (Wildman–Crippen MR) is 122 cm³/mol. The van der Waals surface area contributed by atoms with Gasteiger partial charge >= 0.3 is 5.97 Å². The third-order valence-corrected chi connectivity index (χ3v) is 5.90. The van der Waals surface area contributed by atoms with Crippen molar-refractivity contribution in [2.45, 2.75) is 40.2 Å². The Morgan fingerprint density at radius 1 is 1.33 bits per heavy atom. The van der Waals surface area contributed by atoms with Gasteiger partial charge in [-0.05, 0) is 45.2 Å². The van der Waals surface area contributed by atoms with Crippen LogP contribution in [0.2, 0.25) is 0 Å². The van der Waals surface area contributed by atoms with E-state index in [0.717, 1.165) is 29.4 Å². The van der Waals surface area contributed by atoms with E-state index in [2.05, 4.69) is 38.8 Å². The van der Waals surface area contributed by atoms with Gasteiger partial charge in [-0.3, -0.25) is 4.99 Å². The van der Waals surface area contributed by atoms with Crippen LogP contribution in [0.1, 0.15) is 52.9 Å². The molecule has 0 saturated carbocycles. The highest BCUT2D eigenvalue weighted by Crippen LogP contribution is 2.24. The number of guanidine groups is 1. The minimum Gasteiger partial charge on any atom is -0.462 e. The van der Waals surface area contributed by atoms with Gasteiger partial charge in [0.2, 0.25) is 0 Å². The van der Waals surface area contributed by atoms with Gasteiger partial charge in [-0.15, -0.1) is 11.3 Å². The first kappa shape index (κ1) is 21.8. The molecule has 7 nitrogen and oxygen atoms in total. The molecule has 8 heteroatoms. The Hall–Kier alpha value is -2.87. The molecule has 0 bridgehead atoms.